The first-order valence-electron chi connectivity index (χ1n) is 6.30. The van der Waals surface area contributed by atoms with Crippen LogP contribution in [0.3, 0.4) is 0 Å². The lowest BCUT2D eigenvalue weighted by Crippen LogP contribution is -2.51. The number of hydrogen-bond acceptors (Lipinski definition) is 3. The van der Waals surface area contributed by atoms with Crippen LogP contribution in [-0.4, -0.2) is 35.5 Å². The Bertz CT molecular complexity index is 357. The number of allylic oxidation sites excluding steroid dienone is 1. The second-order valence-corrected chi connectivity index (χ2v) is 6.13. The van der Waals surface area contributed by atoms with Crippen LogP contribution in [0.15, 0.2) is 12.7 Å². The number of amides is 1. The first-order chi connectivity index (χ1) is 8.18. The molecule has 0 aromatic carbocycles. The maximum absolute atomic E-state index is 12.0. The molecule has 1 saturated heterocycles. The van der Waals surface area contributed by atoms with Gasteiger partial charge < -0.3 is 9.64 Å². The second kappa shape index (κ2) is 5.12. The Morgan fingerprint density at radius 1 is 1.56 bits per heavy atom. The van der Waals surface area contributed by atoms with Gasteiger partial charge in [-0.05, 0) is 27.2 Å². The van der Waals surface area contributed by atoms with Crippen LogP contribution in [0.4, 0.5) is 4.79 Å². The van der Waals surface area contributed by atoms with Crippen molar-refractivity contribution in [3.8, 4) is 0 Å². The predicted molar refractivity (Wildman–Crippen MR) is 70.4 cm³/mol. The largest absolute Gasteiger partial charge is 0.444 e. The lowest BCUT2D eigenvalue weighted by molar-refractivity contribution is -0.132. The fourth-order valence-corrected chi connectivity index (χ4v) is 2.11. The van der Waals surface area contributed by atoms with Gasteiger partial charge in [0.25, 0.3) is 0 Å². The third-order valence-electron chi connectivity index (χ3n) is 3.07. The molecule has 0 aromatic rings. The number of likely N-dealkylation sites (tertiary alicyclic amines) is 1. The summed E-state index contributed by atoms with van der Waals surface area (Å²) in [7, 11) is 0. The van der Waals surface area contributed by atoms with Crippen LogP contribution in [0.2, 0.25) is 0 Å². The molecule has 0 bridgehead atoms. The van der Waals surface area contributed by atoms with Gasteiger partial charge in [-0.25, -0.2) is 4.79 Å². The summed E-state index contributed by atoms with van der Waals surface area (Å²) in [5, 5.41) is 0. The van der Waals surface area contributed by atoms with Crippen LogP contribution in [-0.2, 0) is 9.53 Å². The molecule has 0 spiro atoms. The first-order valence-corrected chi connectivity index (χ1v) is 6.30. The Morgan fingerprint density at radius 2 is 2.17 bits per heavy atom. The number of hydrogen-bond donors (Lipinski definition) is 0. The number of carbonyl (C=O) groups is 2. The molecule has 102 valence electrons. The van der Waals surface area contributed by atoms with Crippen LogP contribution < -0.4 is 0 Å². The summed E-state index contributed by atoms with van der Waals surface area (Å²) in [4.78, 5) is 25.5. The van der Waals surface area contributed by atoms with Crippen LogP contribution >= 0.6 is 0 Å². The van der Waals surface area contributed by atoms with E-state index in [9.17, 15) is 9.59 Å². The Morgan fingerprint density at radius 3 is 2.67 bits per heavy atom. The summed E-state index contributed by atoms with van der Waals surface area (Å²) < 4.78 is 5.33. The molecule has 1 heterocycles. The minimum absolute atomic E-state index is 0.196. The molecule has 1 aliphatic heterocycles. The highest BCUT2D eigenvalue weighted by Gasteiger charge is 2.40. The van der Waals surface area contributed by atoms with E-state index in [1.165, 1.54) is 0 Å². The number of nitrogens with zero attached hydrogens (tertiary/aromatic N) is 1. The molecule has 0 aliphatic carbocycles. The molecule has 18 heavy (non-hydrogen) atoms. The molecular formula is C14H23NO3. The average Bonchev–Trinajstić information content (AvgIpc) is 2.20. The topological polar surface area (TPSA) is 46.6 Å². The lowest BCUT2D eigenvalue weighted by atomic mass is 9.78. The molecule has 1 amide bonds. The quantitative estimate of drug-likeness (QED) is 0.711. The molecule has 1 rings (SSSR count). The van der Waals surface area contributed by atoms with E-state index in [0.29, 0.717) is 25.9 Å². The minimum Gasteiger partial charge on any atom is -0.444 e. The van der Waals surface area contributed by atoms with Crippen molar-refractivity contribution in [3.05, 3.63) is 12.7 Å². The Hall–Kier alpha value is -1.32. The van der Waals surface area contributed by atoms with Gasteiger partial charge in [0.2, 0.25) is 0 Å². The Labute approximate surface area is 109 Å². The number of ether oxygens (including phenoxy) is 1. The first kappa shape index (κ1) is 14.7. The summed E-state index contributed by atoms with van der Waals surface area (Å²) in [5.41, 5.74) is -1.02. The fraction of sp³-hybridized carbons (Fsp3) is 0.714. The molecule has 0 radical (unpaired) electrons. The normalized spacial score (nSPS) is 24.9. The van der Waals surface area contributed by atoms with Gasteiger partial charge in [0.1, 0.15) is 11.4 Å². The second-order valence-electron chi connectivity index (χ2n) is 6.13. The minimum atomic E-state index is -0.517. The third-order valence-corrected chi connectivity index (χ3v) is 3.07. The van der Waals surface area contributed by atoms with Gasteiger partial charge in [0, 0.05) is 24.9 Å². The van der Waals surface area contributed by atoms with E-state index in [-0.39, 0.29) is 11.9 Å². The van der Waals surface area contributed by atoms with E-state index in [4.69, 9.17) is 4.74 Å². The maximum atomic E-state index is 12.0. The molecule has 0 aromatic heterocycles. The van der Waals surface area contributed by atoms with Gasteiger partial charge in [0.05, 0.1) is 0 Å². The van der Waals surface area contributed by atoms with Gasteiger partial charge in [-0.1, -0.05) is 13.0 Å². The molecule has 4 heteroatoms. The maximum Gasteiger partial charge on any atom is 0.410 e. The smallest absolute Gasteiger partial charge is 0.410 e. The van der Waals surface area contributed by atoms with Crippen LogP contribution in [0.5, 0.6) is 0 Å². The highest BCUT2D eigenvalue weighted by molar-refractivity contribution is 5.87. The van der Waals surface area contributed by atoms with E-state index in [2.05, 4.69) is 6.58 Å². The Balaban J connectivity index is 2.73. The van der Waals surface area contributed by atoms with Gasteiger partial charge in [-0.2, -0.15) is 0 Å². The predicted octanol–water partition coefficient (Wildman–Crippen LogP) is 2.78. The van der Waals surface area contributed by atoms with Gasteiger partial charge in [-0.15, -0.1) is 6.58 Å². The van der Waals surface area contributed by atoms with Crippen molar-refractivity contribution in [3.63, 3.8) is 0 Å². The zero-order valence-electron chi connectivity index (χ0n) is 11.8. The molecule has 1 fully saturated rings. The number of ketones is 1. The van der Waals surface area contributed by atoms with E-state index in [1.54, 1.807) is 11.0 Å². The van der Waals surface area contributed by atoms with Crippen molar-refractivity contribution in [2.24, 2.45) is 5.41 Å². The van der Waals surface area contributed by atoms with E-state index in [1.807, 2.05) is 27.7 Å². The molecule has 0 N–H and O–H groups in total. The highest BCUT2D eigenvalue weighted by Crippen LogP contribution is 2.30. The van der Waals surface area contributed by atoms with Crippen molar-refractivity contribution < 1.29 is 14.3 Å². The van der Waals surface area contributed by atoms with Crippen molar-refractivity contribution in [1.29, 1.82) is 0 Å². The lowest BCUT2D eigenvalue weighted by Gasteiger charge is -2.39. The summed E-state index contributed by atoms with van der Waals surface area (Å²) >= 11 is 0. The molecule has 1 aliphatic rings. The van der Waals surface area contributed by atoms with Crippen molar-refractivity contribution in [2.75, 3.05) is 13.1 Å². The van der Waals surface area contributed by atoms with Gasteiger partial charge in [-0.3, -0.25) is 4.79 Å². The van der Waals surface area contributed by atoms with Crippen molar-refractivity contribution >= 4 is 11.9 Å². The SMILES string of the molecule is C=CC[C@]1(C)CN(C(=O)OC(C)(C)C)CCC1=O. The summed E-state index contributed by atoms with van der Waals surface area (Å²) in [6, 6.07) is 0. The summed E-state index contributed by atoms with van der Waals surface area (Å²) in [6.07, 6.45) is 2.37. The fourth-order valence-electron chi connectivity index (χ4n) is 2.11. The van der Waals surface area contributed by atoms with E-state index < -0.39 is 11.0 Å². The zero-order chi connectivity index (χ0) is 14.0. The highest BCUT2D eigenvalue weighted by atomic mass is 16.6. The Kier molecular flexibility index (Phi) is 4.20. The third kappa shape index (κ3) is 3.59. The molecule has 4 nitrogen and oxygen atoms in total. The molecule has 0 saturated carbocycles. The number of carbonyl (C=O) groups excluding carboxylic acids is 2. The van der Waals surface area contributed by atoms with Crippen LogP contribution in [0.1, 0.15) is 40.5 Å². The summed E-state index contributed by atoms with van der Waals surface area (Å²) in [5.74, 6) is 0.196. The standard InChI is InChI=1S/C14H23NO3/c1-6-8-14(5)10-15(9-7-11(14)16)12(17)18-13(2,3)4/h6H,1,7-10H2,2-5H3/t14-/m1/s1. The monoisotopic (exact) mass is 253 g/mol. The zero-order valence-corrected chi connectivity index (χ0v) is 11.8. The molecule has 1 atom stereocenters. The van der Waals surface area contributed by atoms with Crippen molar-refractivity contribution in [2.45, 2.75) is 46.1 Å². The molecular weight excluding hydrogens is 230 g/mol. The average molecular weight is 253 g/mol. The van der Waals surface area contributed by atoms with Gasteiger partial charge in [0.15, 0.2) is 0 Å². The van der Waals surface area contributed by atoms with E-state index in [0.717, 1.165) is 0 Å². The van der Waals surface area contributed by atoms with Crippen LogP contribution in [0.25, 0.3) is 0 Å². The van der Waals surface area contributed by atoms with Gasteiger partial charge >= 0.3 is 6.09 Å². The summed E-state index contributed by atoms with van der Waals surface area (Å²) in [6.45, 7) is 11.9. The van der Waals surface area contributed by atoms with E-state index >= 15 is 0 Å². The number of rotatable bonds is 2. The number of piperidine rings is 1. The number of Topliss-reactive ketones (excluding diaryl/α,β-unsaturated/α-hetero) is 1. The van der Waals surface area contributed by atoms with Crippen LogP contribution in [0, 0.1) is 5.41 Å². The molecule has 0 unspecified atom stereocenters. The van der Waals surface area contributed by atoms with Crippen molar-refractivity contribution in [1.82, 2.24) is 4.90 Å².